The summed E-state index contributed by atoms with van der Waals surface area (Å²) >= 11 is 0. The number of imide groups is 1. The molecule has 0 aromatic rings. The second-order valence-electron chi connectivity index (χ2n) is 10.2. The predicted octanol–water partition coefficient (Wildman–Crippen LogP) is 5.22. The molecule has 6 heteroatoms. The van der Waals surface area contributed by atoms with Gasteiger partial charge in [0.2, 0.25) is 0 Å². The molecule has 6 nitrogen and oxygen atoms in total. The number of aliphatic imine (C=N–C) groups is 1. The molecule has 3 heterocycles. The van der Waals surface area contributed by atoms with Gasteiger partial charge in [-0.3, -0.25) is 20.0 Å². The van der Waals surface area contributed by atoms with E-state index < -0.39 is 5.54 Å². The Morgan fingerprint density at radius 3 is 2.49 bits per heavy atom. The van der Waals surface area contributed by atoms with Crippen molar-refractivity contribution in [1.29, 1.82) is 0 Å². The van der Waals surface area contributed by atoms with Crippen molar-refractivity contribution in [3.8, 4) is 12.3 Å². The lowest BCUT2D eigenvalue weighted by Gasteiger charge is -2.32. The number of likely N-dealkylation sites (tertiary alicyclic amines) is 1. The molecule has 3 amide bonds. The summed E-state index contributed by atoms with van der Waals surface area (Å²) in [6.45, 7) is 9.60. The van der Waals surface area contributed by atoms with Crippen molar-refractivity contribution in [3.63, 3.8) is 0 Å². The molecule has 37 heavy (non-hydrogen) atoms. The number of carbonyl (C=O) groups is 2. The quantitative estimate of drug-likeness (QED) is 0.319. The minimum Gasteiger partial charge on any atom is -0.312 e. The molecule has 1 unspecified atom stereocenters. The van der Waals surface area contributed by atoms with Crippen LogP contribution in [0.25, 0.3) is 0 Å². The topological polar surface area (TPSA) is 65.0 Å². The second kappa shape index (κ2) is 13.4. The summed E-state index contributed by atoms with van der Waals surface area (Å²) in [6, 6.07) is -0.303. The summed E-state index contributed by atoms with van der Waals surface area (Å²) in [5, 5.41) is 2.48. The largest absolute Gasteiger partial charge is 0.324 e. The van der Waals surface area contributed by atoms with E-state index in [-0.39, 0.29) is 11.9 Å². The van der Waals surface area contributed by atoms with Gasteiger partial charge in [0.15, 0.2) is 0 Å². The van der Waals surface area contributed by atoms with Crippen LogP contribution in [0.4, 0.5) is 4.79 Å². The summed E-state index contributed by atoms with van der Waals surface area (Å²) in [5.74, 6) is 2.83. The van der Waals surface area contributed by atoms with Crippen molar-refractivity contribution in [2.75, 3.05) is 33.2 Å². The Hall–Kier alpha value is -3.17. The monoisotopic (exact) mass is 502 g/mol. The first kappa shape index (κ1) is 28.4. The van der Waals surface area contributed by atoms with Gasteiger partial charge in [0.05, 0.1) is 6.54 Å². The maximum absolute atomic E-state index is 12.6. The Balaban J connectivity index is 0.00000121. The maximum atomic E-state index is 12.6. The molecule has 3 fully saturated rings. The van der Waals surface area contributed by atoms with E-state index in [9.17, 15) is 9.59 Å². The summed E-state index contributed by atoms with van der Waals surface area (Å²) in [4.78, 5) is 33.7. The molecule has 0 aromatic heterocycles. The average Bonchev–Trinajstić information content (AvgIpc) is 3.35. The standard InChI is InChI=1S/C28H38N4O2.C3H4/c1-4-8-21(5-2)17-22-12-15-32(16-13-22)20-25-10-7-6-9-23-18-28(19-24(23)11-14-29-25)26(33)30-27(34)31(28)3;1-3-2/h4-5,7-11,22H,6,12-20H2,1-3H3,(H,30,33,34);1H,2H3/b8-4-,10-7-,21-5+,23-9-,24-11-,29-25?;. The van der Waals surface area contributed by atoms with Crippen LogP contribution < -0.4 is 5.32 Å². The van der Waals surface area contributed by atoms with Crippen LogP contribution in [0.1, 0.15) is 59.3 Å². The van der Waals surface area contributed by atoms with E-state index in [1.807, 2.05) is 0 Å². The minimum absolute atomic E-state index is 0.181. The molecular weight excluding hydrogens is 460 g/mol. The Morgan fingerprint density at radius 1 is 1.22 bits per heavy atom. The maximum Gasteiger partial charge on any atom is 0.324 e. The van der Waals surface area contributed by atoms with E-state index in [4.69, 9.17) is 4.99 Å². The predicted molar refractivity (Wildman–Crippen MR) is 152 cm³/mol. The highest BCUT2D eigenvalue weighted by Gasteiger charge is 2.55. The highest BCUT2D eigenvalue weighted by Crippen LogP contribution is 2.44. The Morgan fingerprint density at radius 2 is 1.89 bits per heavy atom. The number of nitrogens with one attached hydrogen (secondary N) is 1. The summed E-state index contributed by atoms with van der Waals surface area (Å²) in [7, 11) is 1.72. The first-order chi connectivity index (χ1) is 17.9. The highest BCUT2D eigenvalue weighted by atomic mass is 16.2. The lowest BCUT2D eigenvalue weighted by Crippen LogP contribution is -2.45. The zero-order chi connectivity index (χ0) is 26.8. The zero-order valence-corrected chi connectivity index (χ0v) is 22.9. The summed E-state index contributed by atoms with van der Waals surface area (Å²) in [6.07, 6.45) is 25.5. The lowest BCUT2D eigenvalue weighted by atomic mass is 9.89. The van der Waals surface area contributed by atoms with E-state index in [0.29, 0.717) is 19.4 Å². The SMILES string of the molecule is C#CC.C/C=C\C(=C/C)CC1CCN(CC2=NC/C=C3/CC4(C/C3=C/C/C=C\2)C(=O)NC(=O)N4C)CC1. The third kappa shape index (κ3) is 6.99. The first-order valence-electron chi connectivity index (χ1n) is 13.4. The number of amides is 3. The van der Waals surface area contributed by atoms with Gasteiger partial charge in [-0.15, -0.1) is 12.3 Å². The number of nitrogens with zero attached hydrogens (tertiary/aromatic N) is 3. The normalized spacial score (nSPS) is 28.9. The van der Waals surface area contributed by atoms with Gasteiger partial charge in [0, 0.05) is 32.1 Å². The van der Waals surface area contributed by atoms with Gasteiger partial charge in [0.25, 0.3) is 5.91 Å². The Kier molecular flexibility index (Phi) is 10.3. The van der Waals surface area contributed by atoms with Crippen molar-refractivity contribution < 1.29 is 9.59 Å². The number of likely N-dealkylation sites (N-methyl/N-ethyl adjacent to an activating group) is 1. The van der Waals surface area contributed by atoms with Crippen LogP contribution in [0.15, 0.2) is 64.2 Å². The minimum atomic E-state index is -0.775. The number of fused-ring (bicyclic) bond motifs is 1. The van der Waals surface area contributed by atoms with Crippen LogP contribution in [0.3, 0.4) is 0 Å². The van der Waals surface area contributed by atoms with Crippen molar-refractivity contribution in [2.24, 2.45) is 10.9 Å². The second-order valence-corrected chi connectivity index (χ2v) is 10.2. The molecule has 0 radical (unpaired) electrons. The van der Waals surface area contributed by atoms with Crippen LogP contribution in [0.5, 0.6) is 0 Å². The van der Waals surface area contributed by atoms with Crippen molar-refractivity contribution in [3.05, 3.63) is 59.3 Å². The van der Waals surface area contributed by atoms with E-state index in [0.717, 1.165) is 43.3 Å². The van der Waals surface area contributed by atoms with E-state index in [1.165, 1.54) is 30.4 Å². The highest BCUT2D eigenvalue weighted by molar-refractivity contribution is 6.08. The average molecular weight is 503 g/mol. The molecule has 1 atom stereocenters. The third-order valence-electron chi connectivity index (χ3n) is 7.78. The number of hydrogen-bond acceptors (Lipinski definition) is 4. The molecule has 4 aliphatic rings. The van der Waals surface area contributed by atoms with Gasteiger partial charge in [-0.25, -0.2) is 4.79 Å². The number of carbonyl (C=O) groups excluding carboxylic acids is 2. The molecule has 1 saturated carbocycles. The van der Waals surface area contributed by atoms with Crippen LogP contribution in [0.2, 0.25) is 0 Å². The molecule has 1 aliphatic carbocycles. The van der Waals surface area contributed by atoms with Gasteiger partial charge in [-0.05, 0) is 82.7 Å². The number of piperidine rings is 1. The molecule has 1 spiro atoms. The summed E-state index contributed by atoms with van der Waals surface area (Å²) in [5.41, 5.74) is 4.11. The van der Waals surface area contributed by atoms with Crippen molar-refractivity contribution in [2.45, 2.75) is 64.8 Å². The fourth-order valence-electron chi connectivity index (χ4n) is 5.62. The Labute approximate surface area is 223 Å². The van der Waals surface area contributed by atoms with Gasteiger partial charge >= 0.3 is 6.03 Å². The van der Waals surface area contributed by atoms with Gasteiger partial charge in [-0.2, -0.15) is 0 Å². The molecular formula is C31H42N4O2. The number of hydrogen-bond donors (Lipinski definition) is 1. The van der Waals surface area contributed by atoms with Gasteiger partial charge < -0.3 is 4.90 Å². The molecule has 0 aromatic carbocycles. The van der Waals surface area contributed by atoms with Gasteiger partial charge in [-0.1, -0.05) is 42.0 Å². The first-order valence-corrected chi connectivity index (χ1v) is 13.4. The Bertz CT molecular complexity index is 1080. The van der Waals surface area contributed by atoms with Crippen LogP contribution in [0, 0.1) is 18.3 Å². The molecule has 198 valence electrons. The molecule has 3 aliphatic heterocycles. The van der Waals surface area contributed by atoms with E-state index >= 15 is 0 Å². The van der Waals surface area contributed by atoms with Crippen molar-refractivity contribution >= 4 is 17.6 Å². The number of terminal acetylenes is 1. The smallest absolute Gasteiger partial charge is 0.312 e. The number of allylic oxidation sites excluding steroid dienone is 6. The summed E-state index contributed by atoms with van der Waals surface area (Å²) < 4.78 is 0. The van der Waals surface area contributed by atoms with Crippen LogP contribution in [-0.2, 0) is 4.79 Å². The number of urea groups is 1. The molecule has 4 rings (SSSR count). The lowest BCUT2D eigenvalue weighted by molar-refractivity contribution is -0.125. The zero-order valence-electron chi connectivity index (χ0n) is 22.9. The fraction of sp³-hybridized carbons (Fsp3) is 0.516. The van der Waals surface area contributed by atoms with Crippen LogP contribution in [-0.4, -0.2) is 66.2 Å². The van der Waals surface area contributed by atoms with E-state index in [1.54, 1.807) is 18.9 Å². The van der Waals surface area contributed by atoms with E-state index in [2.05, 4.69) is 78.9 Å². The molecule has 2 saturated heterocycles. The fourth-order valence-corrected chi connectivity index (χ4v) is 5.62. The molecule has 0 bridgehead atoms. The third-order valence-corrected chi connectivity index (χ3v) is 7.78. The molecule has 1 N–H and O–H groups in total. The van der Waals surface area contributed by atoms with Crippen molar-refractivity contribution in [1.82, 2.24) is 15.1 Å². The van der Waals surface area contributed by atoms with Gasteiger partial charge in [0.1, 0.15) is 5.54 Å². The number of rotatable bonds is 5. The van der Waals surface area contributed by atoms with Crippen LogP contribution >= 0.6 is 0 Å².